The van der Waals surface area contributed by atoms with E-state index in [4.69, 9.17) is 21.1 Å². The van der Waals surface area contributed by atoms with Gasteiger partial charge in [0.2, 0.25) is 11.9 Å². The fourth-order valence-corrected chi connectivity index (χ4v) is 4.11. The van der Waals surface area contributed by atoms with E-state index in [1.54, 1.807) is 18.3 Å². The zero-order valence-electron chi connectivity index (χ0n) is 16.8. The fourth-order valence-electron chi connectivity index (χ4n) is 3.89. The first-order valence-electron chi connectivity index (χ1n) is 10.2. The molecular formula is C22H22ClN5O3. The Labute approximate surface area is 184 Å². The summed E-state index contributed by atoms with van der Waals surface area (Å²) in [4.78, 5) is 27.0. The highest BCUT2D eigenvalue weighted by atomic mass is 35.5. The van der Waals surface area contributed by atoms with Gasteiger partial charge in [-0.15, -0.1) is 0 Å². The summed E-state index contributed by atoms with van der Waals surface area (Å²) < 4.78 is 11.1. The van der Waals surface area contributed by atoms with Crippen LogP contribution in [0.15, 0.2) is 42.7 Å². The Hall–Kier alpha value is -3.26. The molecule has 0 aliphatic carbocycles. The summed E-state index contributed by atoms with van der Waals surface area (Å²) in [5.74, 6) is 1.84. The molecular weight excluding hydrogens is 418 g/mol. The first kappa shape index (κ1) is 19.7. The van der Waals surface area contributed by atoms with Crippen LogP contribution >= 0.6 is 11.6 Å². The largest absolute Gasteiger partial charge is 0.486 e. The van der Waals surface area contributed by atoms with Gasteiger partial charge in [-0.25, -0.2) is 9.97 Å². The Morgan fingerprint density at radius 1 is 1.26 bits per heavy atom. The van der Waals surface area contributed by atoms with Crippen molar-refractivity contribution in [1.29, 1.82) is 0 Å². The number of aromatic amines is 1. The van der Waals surface area contributed by atoms with E-state index in [-0.39, 0.29) is 18.4 Å². The molecule has 2 aliphatic heterocycles. The first-order chi connectivity index (χ1) is 15.2. The van der Waals surface area contributed by atoms with Crippen LogP contribution in [-0.2, 0) is 11.2 Å². The summed E-state index contributed by atoms with van der Waals surface area (Å²) >= 11 is 6.34. The quantitative estimate of drug-likeness (QED) is 0.635. The number of halogens is 1. The van der Waals surface area contributed by atoms with Crippen LogP contribution in [0.2, 0.25) is 5.02 Å². The number of nitrogens with one attached hydrogen (secondary N) is 2. The number of benzene rings is 1. The molecule has 0 bridgehead atoms. The van der Waals surface area contributed by atoms with Gasteiger partial charge in [0.25, 0.3) is 0 Å². The molecule has 1 unspecified atom stereocenters. The average molecular weight is 440 g/mol. The van der Waals surface area contributed by atoms with Gasteiger partial charge in [-0.2, -0.15) is 0 Å². The summed E-state index contributed by atoms with van der Waals surface area (Å²) in [6.07, 6.45) is 4.64. The van der Waals surface area contributed by atoms with E-state index in [9.17, 15) is 4.79 Å². The lowest BCUT2D eigenvalue weighted by Gasteiger charge is -2.20. The Morgan fingerprint density at radius 2 is 2.10 bits per heavy atom. The average Bonchev–Trinajstić information content (AvgIpc) is 3.47. The first-order valence-corrected chi connectivity index (χ1v) is 10.6. The van der Waals surface area contributed by atoms with Crippen LogP contribution in [0.1, 0.15) is 12.0 Å². The van der Waals surface area contributed by atoms with Crippen LogP contribution in [0.25, 0.3) is 11.4 Å². The van der Waals surface area contributed by atoms with Gasteiger partial charge in [0, 0.05) is 42.6 Å². The van der Waals surface area contributed by atoms with Gasteiger partial charge in [0.1, 0.15) is 13.2 Å². The highest BCUT2D eigenvalue weighted by molar-refractivity contribution is 6.31. The number of rotatable bonds is 5. The third kappa shape index (κ3) is 4.29. The second kappa shape index (κ2) is 8.47. The van der Waals surface area contributed by atoms with Crippen molar-refractivity contribution in [2.24, 2.45) is 0 Å². The number of H-pyrrole nitrogens is 1. The standard InChI is InChI=1S/C22H22ClN5O3/c23-16-12-20-19(30-8-9-31-20)10-14(16)11-21(29)26-15-4-7-28(13-15)22-25-6-3-18(27-22)17-2-1-5-24-17/h1-3,5-6,10,12,15,24H,4,7-9,11,13H2,(H,26,29). The SMILES string of the molecule is O=C(Cc1cc2c(cc1Cl)OCCO2)NC1CCN(c2nccc(-c3ccc[nH]3)n2)C1. The van der Waals surface area contributed by atoms with Gasteiger partial charge in [-0.3, -0.25) is 4.79 Å². The van der Waals surface area contributed by atoms with Crippen molar-refractivity contribution < 1.29 is 14.3 Å². The monoisotopic (exact) mass is 439 g/mol. The minimum Gasteiger partial charge on any atom is -0.486 e. The lowest BCUT2D eigenvalue weighted by Crippen LogP contribution is -2.38. The molecule has 0 saturated carbocycles. The second-order valence-electron chi connectivity index (χ2n) is 7.59. The number of ether oxygens (including phenoxy) is 2. The number of hydrogen-bond acceptors (Lipinski definition) is 6. The van der Waals surface area contributed by atoms with Crippen LogP contribution in [-0.4, -0.2) is 53.2 Å². The van der Waals surface area contributed by atoms with E-state index in [1.165, 1.54) is 0 Å². The molecule has 8 nitrogen and oxygen atoms in total. The molecule has 1 fully saturated rings. The van der Waals surface area contributed by atoms with E-state index in [1.807, 2.05) is 24.4 Å². The smallest absolute Gasteiger partial charge is 0.225 e. The van der Waals surface area contributed by atoms with Gasteiger partial charge in [-0.05, 0) is 36.2 Å². The molecule has 0 spiro atoms. The lowest BCUT2D eigenvalue weighted by atomic mass is 10.1. The molecule has 0 radical (unpaired) electrons. The Balaban J connectivity index is 1.21. The molecule has 2 aromatic heterocycles. The maximum absolute atomic E-state index is 12.6. The number of hydrogen-bond donors (Lipinski definition) is 2. The third-order valence-electron chi connectivity index (χ3n) is 5.42. The van der Waals surface area contributed by atoms with Gasteiger partial charge in [-0.1, -0.05) is 11.6 Å². The maximum atomic E-state index is 12.6. The number of nitrogens with zero attached hydrogens (tertiary/aromatic N) is 3. The lowest BCUT2D eigenvalue weighted by molar-refractivity contribution is -0.121. The normalized spacial score (nSPS) is 17.6. The molecule has 1 amide bonds. The van der Waals surface area contributed by atoms with Crippen molar-refractivity contribution in [2.45, 2.75) is 18.9 Å². The highest BCUT2D eigenvalue weighted by Gasteiger charge is 2.26. The van der Waals surface area contributed by atoms with Crippen molar-refractivity contribution in [3.05, 3.63) is 53.3 Å². The van der Waals surface area contributed by atoms with Gasteiger partial charge >= 0.3 is 0 Å². The van der Waals surface area contributed by atoms with Crippen LogP contribution < -0.4 is 19.7 Å². The molecule has 3 aromatic rings. The molecule has 2 N–H and O–H groups in total. The molecule has 5 rings (SSSR count). The summed E-state index contributed by atoms with van der Waals surface area (Å²) in [5.41, 5.74) is 2.51. The van der Waals surface area contributed by atoms with Gasteiger partial charge < -0.3 is 24.7 Å². The zero-order valence-corrected chi connectivity index (χ0v) is 17.6. The Bertz CT molecular complexity index is 1090. The molecule has 1 atom stereocenters. The number of carbonyl (C=O) groups is 1. The van der Waals surface area contributed by atoms with Gasteiger partial charge in [0.05, 0.1) is 17.8 Å². The van der Waals surface area contributed by atoms with Crippen molar-refractivity contribution in [3.8, 4) is 22.9 Å². The van der Waals surface area contributed by atoms with E-state index in [2.05, 4.69) is 25.2 Å². The molecule has 4 heterocycles. The van der Waals surface area contributed by atoms with Crippen molar-refractivity contribution in [1.82, 2.24) is 20.3 Å². The van der Waals surface area contributed by atoms with Crippen molar-refractivity contribution in [2.75, 3.05) is 31.2 Å². The summed E-state index contributed by atoms with van der Waals surface area (Å²) in [6.45, 7) is 2.43. The summed E-state index contributed by atoms with van der Waals surface area (Å²) in [5, 5.41) is 3.61. The summed E-state index contributed by atoms with van der Waals surface area (Å²) in [6, 6.07) is 9.32. The van der Waals surface area contributed by atoms with Gasteiger partial charge in [0.15, 0.2) is 11.5 Å². The molecule has 1 saturated heterocycles. The second-order valence-corrected chi connectivity index (χ2v) is 8.00. The number of anilines is 1. The minimum absolute atomic E-state index is 0.0289. The number of aromatic nitrogens is 3. The molecule has 9 heteroatoms. The molecule has 31 heavy (non-hydrogen) atoms. The van der Waals surface area contributed by atoms with E-state index >= 15 is 0 Å². The molecule has 2 aliphatic rings. The third-order valence-corrected chi connectivity index (χ3v) is 5.77. The Kier molecular flexibility index (Phi) is 5.38. The van der Waals surface area contributed by atoms with Crippen LogP contribution in [0, 0.1) is 0 Å². The maximum Gasteiger partial charge on any atom is 0.225 e. The predicted molar refractivity (Wildman–Crippen MR) is 117 cm³/mol. The fraction of sp³-hybridized carbons (Fsp3) is 0.318. The number of carbonyl (C=O) groups excluding carboxylic acids is 1. The van der Waals surface area contributed by atoms with Crippen LogP contribution in [0.5, 0.6) is 11.5 Å². The van der Waals surface area contributed by atoms with Crippen LogP contribution in [0.4, 0.5) is 5.95 Å². The molecule has 1 aromatic carbocycles. The predicted octanol–water partition coefficient (Wildman–Crippen LogP) is 2.83. The van der Waals surface area contributed by atoms with E-state index in [0.29, 0.717) is 42.2 Å². The highest BCUT2D eigenvalue weighted by Crippen LogP contribution is 2.35. The topological polar surface area (TPSA) is 92.4 Å². The zero-order chi connectivity index (χ0) is 21.2. The van der Waals surface area contributed by atoms with Crippen molar-refractivity contribution in [3.63, 3.8) is 0 Å². The van der Waals surface area contributed by atoms with E-state index < -0.39 is 0 Å². The summed E-state index contributed by atoms with van der Waals surface area (Å²) in [7, 11) is 0. The number of amides is 1. The number of fused-ring (bicyclic) bond motifs is 1. The molecule has 160 valence electrons. The Morgan fingerprint density at radius 3 is 2.90 bits per heavy atom. The minimum atomic E-state index is -0.0773. The van der Waals surface area contributed by atoms with Crippen molar-refractivity contribution >= 4 is 23.5 Å². The van der Waals surface area contributed by atoms with Crippen LogP contribution in [0.3, 0.4) is 0 Å². The van der Waals surface area contributed by atoms with E-state index in [0.717, 1.165) is 29.9 Å².